The van der Waals surface area contributed by atoms with Gasteiger partial charge in [0.25, 0.3) is 5.91 Å². The molecular weight excluding hydrogens is 362 g/mol. The molecule has 0 atom stereocenters. The zero-order chi connectivity index (χ0) is 19.6. The molecule has 140 valence electrons. The van der Waals surface area contributed by atoms with Crippen molar-refractivity contribution in [3.8, 4) is 5.69 Å². The third kappa shape index (κ3) is 4.09. The zero-order valence-corrected chi connectivity index (χ0v) is 16.2. The van der Waals surface area contributed by atoms with Gasteiger partial charge in [-0.2, -0.15) is 5.10 Å². The van der Waals surface area contributed by atoms with Gasteiger partial charge in [-0.05, 0) is 50.2 Å². The maximum atomic E-state index is 12.4. The summed E-state index contributed by atoms with van der Waals surface area (Å²) in [5.74, 6) is -0.263. The van der Waals surface area contributed by atoms with Crippen molar-refractivity contribution in [2.45, 2.75) is 25.3 Å². The molecule has 0 radical (unpaired) electrons. The number of rotatable bonds is 5. The van der Waals surface area contributed by atoms with Gasteiger partial charge in [-0.3, -0.25) is 4.79 Å². The topological polar surface area (TPSA) is 81.1 Å². The molecule has 7 heteroatoms. The van der Waals surface area contributed by atoms with Crippen molar-refractivity contribution in [3.63, 3.8) is 0 Å². The third-order valence-electron chi connectivity index (χ3n) is 4.41. The van der Waals surface area contributed by atoms with Crippen molar-refractivity contribution in [3.05, 3.63) is 77.1 Å². The van der Waals surface area contributed by atoms with Crippen LogP contribution in [-0.2, 0) is 16.4 Å². The molecule has 6 nitrogen and oxygen atoms in total. The maximum absolute atomic E-state index is 12.4. The lowest BCUT2D eigenvalue weighted by Gasteiger charge is -2.08. The molecular formula is C20H21N3O3S. The number of hydrogen-bond acceptors (Lipinski definition) is 4. The van der Waals surface area contributed by atoms with Crippen LogP contribution in [0.3, 0.4) is 0 Å². The van der Waals surface area contributed by atoms with Crippen LogP contribution in [0.25, 0.3) is 5.69 Å². The van der Waals surface area contributed by atoms with E-state index in [4.69, 9.17) is 0 Å². The van der Waals surface area contributed by atoms with E-state index in [1.54, 1.807) is 0 Å². The molecule has 3 rings (SSSR count). The lowest BCUT2D eigenvalue weighted by Crippen LogP contribution is -2.23. The Balaban J connectivity index is 1.75. The number of aryl methyl sites for hydroxylation is 1. The van der Waals surface area contributed by atoms with Gasteiger partial charge in [-0.15, -0.1) is 0 Å². The standard InChI is InChI=1S/C20H21N3O3S/c1-14-19(15(2)23(22-14)17-7-5-4-6-8-17)13-21-20(24)16-9-11-18(12-10-16)27(3,25)26/h4-12H,13H2,1-3H3,(H,21,24). The Morgan fingerprint density at radius 1 is 1.04 bits per heavy atom. The number of para-hydroxylation sites is 1. The molecule has 0 unspecified atom stereocenters. The van der Waals surface area contributed by atoms with E-state index in [1.165, 1.54) is 24.3 Å². The molecule has 1 heterocycles. The van der Waals surface area contributed by atoms with Crippen LogP contribution >= 0.6 is 0 Å². The molecule has 2 aromatic carbocycles. The van der Waals surface area contributed by atoms with Crippen LogP contribution in [-0.4, -0.2) is 30.4 Å². The Bertz CT molecular complexity index is 1070. The minimum absolute atomic E-state index is 0.190. The fourth-order valence-electron chi connectivity index (χ4n) is 2.88. The minimum Gasteiger partial charge on any atom is -0.348 e. The summed E-state index contributed by atoms with van der Waals surface area (Å²) < 4.78 is 24.9. The van der Waals surface area contributed by atoms with Crippen molar-refractivity contribution in [1.82, 2.24) is 15.1 Å². The van der Waals surface area contributed by atoms with Crippen LogP contribution in [0.5, 0.6) is 0 Å². The average molecular weight is 383 g/mol. The molecule has 0 aliphatic carbocycles. The fraction of sp³-hybridized carbons (Fsp3) is 0.200. The van der Waals surface area contributed by atoms with Gasteiger partial charge in [0.05, 0.1) is 16.3 Å². The van der Waals surface area contributed by atoms with E-state index in [0.29, 0.717) is 12.1 Å². The van der Waals surface area contributed by atoms with Crippen LogP contribution in [0.1, 0.15) is 27.3 Å². The SMILES string of the molecule is Cc1nn(-c2ccccc2)c(C)c1CNC(=O)c1ccc(S(C)(=O)=O)cc1. The second-order valence-electron chi connectivity index (χ2n) is 6.38. The summed E-state index contributed by atoms with van der Waals surface area (Å²) in [6.45, 7) is 4.22. The first-order chi connectivity index (χ1) is 12.8. The van der Waals surface area contributed by atoms with E-state index in [9.17, 15) is 13.2 Å². The highest BCUT2D eigenvalue weighted by atomic mass is 32.2. The first kappa shape index (κ1) is 18.8. The highest BCUT2D eigenvalue weighted by molar-refractivity contribution is 7.90. The monoisotopic (exact) mass is 383 g/mol. The van der Waals surface area contributed by atoms with Crippen molar-refractivity contribution < 1.29 is 13.2 Å². The van der Waals surface area contributed by atoms with Gasteiger partial charge in [0.1, 0.15) is 0 Å². The lowest BCUT2D eigenvalue weighted by atomic mass is 10.1. The molecule has 0 aliphatic rings. The Kier molecular flexibility index (Phi) is 5.14. The van der Waals surface area contributed by atoms with Crippen molar-refractivity contribution in [2.75, 3.05) is 6.26 Å². The van der Waals surface area contributed by atoms with E-state index in [2.05, 4.69) is 10.4 Å². The highest BCUT2D eigenvalue weighted by Crippen LogP contribution is 2.18. The van der Waals surface area contributed by atoms with Gasteiger partial charge < -0.3 is 5.32 Å². The highest BCUT2D eigenvalue weighted by Gasteiger charge is 2.15. The number of carbonyl (C=O) groups excluding carboxylic acids is 1. The van der Waals surface area contributed by atoms with Gasteiger partial charge in [0, 0.05) is 29.6 Å². The van der Waals surface area contributed by atoms with Crippen molar-refractivity contribution >= 4 is 15.7 Å². The van der Waals surface area contributed by atoms with Crippen LogP contribution in [0.15, 0.2) is 59.5 Å². The van der Waals surface area contributed by atoms with Crippen LogP contribution in [0, 0.1) is 13.8 Å². The van der Waals surface area contributed by atoms with Gasteiger partial charge in [0.2, 0.25) is 0 Å². The number of nitrogens with one attached hydrogen (secondary N) is 1. The fourth-order valence-corrected chi connectivity index (χ4v) is 3.51. The van der Waals surface area contributed by atoms with Crippen LogP contribution in [0.2, 0.25) is 0 Å². The van der Waals surface area contributed by atoms with E-state index in [-0.39, 0.29) is 10.8 Å². The van der Waals surface area contributed by atoms with E-state index >= 15 is 0 Å². The summed E-state index contributed by atoms with van der Waals surface area (Å²) in [5.41, 5.74) is 4.15. The van der Waals surface area contributed by atoms with Gasteiger partial charge >= 0.3 is 0 Å². The van der Waals surface area contributed by atoms with Crippen molar-refractivity contribution in [2.24, 2.45) is 0 Å². The van der Waals surface area contributed by atoms with Crippen LogP contribution in [0.4, 0.5) is 0 Å². The van der Waals surface area contributed by atoms with Gasteiger partial charge in [-0.1, -0.05) is 18.2 Å². The number of sulfone groups is 1. The molecule has 0 aliphatic heterocycles. The Morgan fingerprint density at radius 2 is 1.67 bits per heavy atom. The molecule has 1 aromatic heterocycles. The first-order valence-electron chi connectivity index (χ1n) is 8.46. The van der Waals surface area contributed by atoms with Gasteiger partial charge in [-0.25, -0.2) is 13.1 Å². The second-order valence-corrected chi connectivity index (χ2v) is 8.39. The van der Waals surface area contributed by atoms with E-state index < -0.39 is 9.84 Å². The van der Waals surface area contributed by atoms with Crippen molar-refractivity contribution in [1.29, 1.82) is 0 Å². The Labute approximate surface area is 158 Å². The molecule has 0 bridgehead atoms. The number of aromatic nitrogens is 2. The molecule has 1 amide bonds. The summed E-state index contributed by atoms with van der Waals surface area (Å²) in [6.07, 6.45) is 1.14. The summed E-state index contributed by atoms with van der Waals surface area (Å²) in [7, 11) is -3.28. The summed E-state index contributed by atoms with van der Waals surface area (Å²) >= 11 is 0. The quantitative estimate of drug-likeness (QED) is 0.735. The van der Waals surface area contributed by atoms with Gasteiger partial charge in [0.15, 0.2) is 9.84 Å². The van der Waals surface area contributed by atoms with Crippen LogP contribution < -0.4 is 5.32 Å². The molecule has 0 spiro atoms. The summed E-state index contributed by atoms with van der Waals surface area (Å²) in [5, 5.41) is 7.45. The van der Waals surface area contributed by atoms with E-state index in [1.807, 2.05) is 48.9 Å². The smallest absolute Gasteiger partial charge is 0.251 e. The minimum atomic E-state index is -3.28. The molecule has 27 heavy (non-hydrogen) atoms. The Morgan fingerprint density at radius 3 is 2.26 bits per heavy atom. The molecule has 0 saturated carbocycles. The third-order valence-corrected chi connectivity index (χ3v) is 5.54. The predicted molar refractivity (Wildman–Crippen MR) is 104 cm³/mol. The average Bonchev–Trinajstić information content (AvgIpc) is 2.94. The number of nitrogens with zero attached hydrogens (tertiary/aromatic N) is 2. The first-order valence-corrected chi connectivity index (χ1v) is 10.4. The molecule has 1 N–H and O–H groups in total. The lowest BCUT2D eigenvalue weighted by molar-refractivity contribution is 0.0950. The molecule has 0 fully saturated rings. The number of amides is 1. The number of benzene rings is 2. The predicted octanol–water partition coefficient (Wildman–Crippen LogP) is 2.82. The summed E-state index contributed by atoms with van der Waals surface area (Å²) in [4.78, 5) is 12.6. The molecule has 0 saturated heterocycles. The number of hydrogen-bond donors (Lipinski definition) is 1. The largest absolute Gasteiger partial charge is 0.348 e. The summed E-state index contributed by atoms with van der Waals surface area (Å²) in [6, 6.07) is 15.7. The molecule has 3 aromatic rings. The maximum Gasteiger partial charge on any atom is 0.251 e. The zero-order valence-electron chi connectivity index (χ0n) is 15.4. The Hall–Kier alpha value is -2.93. The van der Waals surface area contributed by atoms with E-state index in [0.717, 1.165) is 28.9 Å². The second kappa shape index (κ2) is 7.36. The normalized spacial score (nSPS) is 11.4. The number of carbonyl (C=O) groups is 1.